The molecule has 10 nitrogen and oxygen atoms in total. The van der Waals surface area contributed by atoms with Crippen molar-refractivity contribution >= 4 is 9.84 Å². The zero-order valence-corrected chi connectivity index (χ0v) is 24.1. The van der Waals surface area contributed by atoms with Gasteiger partial charge in [0.05, 0.1) is 58.6 Å². The third-order valence-corrected chi connectivity index (χ3v) is 8.19. The number of rotatable bonds is 15. The van der Waals surface area contributed by atoms with Crippen LogP contribution in [-0.4, -0.2) is 71.6 Å². The Morgan fingerprint density at radius 2 is 1.49 bits per heavy atom. The van der Waals surface area contributed by atoms with Crippen LogP contribution in [0.15, 0.2) is 29.2 Å². The molecule has 1 aliphatic heterocycles. The number of sulfone groups is 1. The second-order valence-corrected chi connectivity index (χ2v) is 11.4. The van der Waals surface area contributed by atoms with E-state index in [0.29, 0.717) is 48.5 Å². The summed E-state index contributed by atoms with van der Waals surface area (Å²) in [5, 5.41) is 19.1. The highest BCUT2D eigenvalue weighted by molar-refractivity contribution is 7.91. The lowest BCUT2D eigenvalue weighted by Crippen LogP contribution is -2.19. The monoisotopic (exact) mass is 568 g/mol. The number of methoxy groups -OCH3 is 3. The standard InChI is InChI=1S/C28H40O10S/c1-6-11-37-28-25(36-12-7-10-29)15-20(16-26(28)39(31,32)17-18(2)30)22-9-8-21(38-22)19-13-23(33-3)27(35-5)24(14-19)34-4/h13-16,18,21-22,29-30H,6-12,17H2,1-5H3/t18-,21+,22+/m1/s1. The Labute approximate surface area is 230 Å². The van der Waals surface area contributed by atoms with Crippen LogP contribution < -0.4 is 23.7 Å². The van der Waals surface area contributed by atoms with Crippen LogP contribution in [0.3, 0.4) is 0 Å². The van der Waals surface area contributed by atoms with Crippen molar-refractivity contribution < 1.29 is 47.1 Å². The minimum absolute atomic E-state index is 0.0480. The number of benzene rings is 2. The van der Waals surface area contributed by atoms with E-state index in [1.165, 1.54) is 6.92 Å². The maximum atomic E-state index is 13.3. The SMILES string of the molecule is CCCOc1c(OCCCO)cc([C@@H]2CC[C@@H](c3cc(OC)c(OC)c(OC)c3)O2)cc1S(=O)(=O)C[C@@H](C)O. The number of ether oxygens (including phenoxy) is 6. The summed E-state index contributed by atoms with van der Waals surface area (Å²) in [6.45, 7) is 3.74. The van der Waals surface area contributed by atoms with Crippen LogP contribution in [0.2, 0.25) is 0 Å². The highest BCUT2D eigenvalue weighted by Crippen LogP contribution is 2.48. The minimum atomic E-state index is -3.92. The summed E-state index contributed by atoms with van der Waals surface area (Å²) >= 11 is 0. The number of aliphatic hydroxyl groups is 2. The average Bonchev–Trinajstić information content (AvgIpc) is 3.41. The lowest BCUT2D eigenvalue weighted by atomic mass is 10.0. The average molecular weight is 569 g/mol. The smallest absolute Gasteiger partial charge is 0.203 e. The van der Waals surface area contributed by atoms with Crippen LogP contribution in [0.4, 0.5) is 0 Å². The van der Waals surface area contributed by atoms with E-state index in [4.69, 9.17) is 28.4 Å². The van der Waals surface area contributed by atoms with Gasteiger partial charge in [-0.2, -0.15) is 0 Å². The molecule has 0 aromatic heterocycles. The van der Waals surface area contributed by atoms with E-state index < -0.39 is 27.8 Å². The van der Waals surface area contributed by atoms with Crippen molar-refractivity contribution in [3.05, 3.63) is 35.4 Å². The van der Waals surface area contributed by atoms with Crippen molar-refractivity contribution in [3.8, 4) is 28.7 Å². The summed E-state index contributed by atoms with van der Waals surface area (Å²) in [5.41, 5.74) is 1.47. The molecule has 0 radical (unpaired) electrons. The molecule has 2 N–H and O–H groups in total. The normalized spacial score (nSPS) is 18.0. The van der Waals surface area contributed by atoms with Gasteiger partial charge >= 0.3 is 0 Å². The van der Waals surface area contributed by atoms with Crippen molar-refractivity contribution in [1.82, 2.24) is 0 Å². The van der Waals surface area contributed by atoms with Crippen molar-refractivity contribution in [3.63, 3.8) is 0 Å². The second-order valence-electron chi connectivity index (χ2n) is 9.40. The van der Waals surface area contributed by atoms with Crippen LogP contribution in [0.25, 0.3) is 0 Å². The van der Waals surface area contributed by atoms with Crippen LogP contribution in [0, 0.1) is 0 Å². The lowest BCUT2D eigenvalue weighted by molar-refractivity contribution is 0.0434. The number of hydrogen-bond donors (Lipinski definition) is 2. The summed E-state index contributed by atoms with van der Waals surface area (Å²) in [5.74, 6) is 1.43. The van der Waals surface area contributed by atoms with Gasteiger partial charge in [-0.1, -0.05) is 6.92 Å². The summed E-state index contributed by atoms with van der Waals surface area (Å²) in [7, 11) is 0.718. The van der Waals surface area contributed by atoms with Gasteiger partial charge < -0.3 is 38.6 Å². The maximum Gasteiger partial charge on any atom is 0.203 e. The van der Waals surface area contributed by atoms with Crippen molar-refractivity contribution in [1.29, 1.82) is 0 Å². The van der Waals surface area contributed by atoms with Gasteiger partial charge in [-0.15, -0.1) is 0 Å². The fraction of sp³-hybridized carbons (Fsp3) is 0.571. The molecule has 0 unspecified atom stereocenters. The molecule has 0 amide bonds. The zero-order valence-electron chi connectivity index (χ0n) is 23.3. The van der Waals surface area contributed by atoms with Gasteiger partial charge in [0, 0.05) is 13.0 Å². The first-order chi connectivity index (χ1) is 18.7. The van der Waals surface area contributed by atoms with Gasteiger partial charge in [-0.05, 0) is 61.6 Å². The predicted molar refractivity (Wildman–Crippen MR) is 145 cm³/mol. The van der Waals surface area contributed by atoms with Crippen LogP contribution in [-0.2, 0) is 14.6 Å². The molecule has 11 heteroatoms. The van der Waals surface area contributed by atoms with Gasteiger partial charge in [0.1, 0.15) is 4.90 Å². The highest BCUT2D eigenvalue weighted by Gasteiger charge is 2.33. The van der Waals surface area contributed by atoms with Gasteiger partial charge in [0.15, 0.2) is 32.8 Å². The topological polar surface area (TPSA) is 130 Å². The Kier molecular flexibility index (Phi) is 11.1. The summed E-state index contributed by atoms with van der Waals surface area (Å²) in [6.07, 6.45) is 0.553. The van der Waals surface area contributed by atoms with E-state index in [-0.39, 0.29) is 42.3 Å². The van der Waals surface area contributed by atoms with Gasteiger partial charge in [-0.25, -0.2) is 8.42 Å². The number of aliphatic hydroxyl groups excluding tert-OH is 2. The molecule has 3 atom stereocenters. The molecule has 218 valence electrons. The lowest BCUT2D eigenvalue weighted by Gasteiger charge is -2.21. The Balaban J connectivity index is 2.03. The molecule has 1 aliphatic rings. The van der Waals surface area contributed by atoms with Gasteiger partial charge in [-0.3, -0.25) is 0 Å². The molecule has 0 saturated carbocycles. The van der Waals surface area contributed by atoms with Crippen LogP contribution in [0.5, 0.6) is 28.7 Å². The first-order valence-electron chi connectivity index (χ1n) is 13.1. The quantitative estimate of drug-likeness (QED) is 0.304. The van der Waals surface area contributed by atoms with E-state index in [0.717, 1.165) is 5.56 Å². The Bertz CT molecular complexity index is 1170. The van der Waals surface area contributed by atoms with E-state index in [1.54, 1.807) is 33.5 Å². The van der Waals surface area contributed by atoms with Crippen molar-refractivity contribution in [2.45, 2.75) is 62.7 Å². The summed E-state index contributed by atoms with van der Waals surface area (Å²) in [4.78, 5) is -0.0480. The third-order valence-electron chi connectivity index (χ3n) is 6.30. The first-order valence-corrected chi connectivity index (χ1v) is 14.7. The molecule has 0 spiro atoms. The van der Waals surface area contributed by atoms with Crippen LogP contribution >= 0.6 is 0 Å². The zero-order chi connectivity index (χ0) is 28.6. The Hall–Kier alpha value is -2.73. The highest BCUT2D eigenvalue weighted by atomic mass is 32.2. The van der Waals surface area contributed by atoms with Gasteiger partial charge in [0.25, 0.3) is 0 Å². The molecule has 3 rings (SSSR count). The van der Waals surface area contributed by atoms with Crippen molar-refractivity contribution in [2.75, 3.05) is 46.9 Å². The Morgan fingerprint density at radius 1 is 0.897 bits per heavy atom. The van der Waals surface area contributed by atoms with E-state index >= 15 is 0 Å². The molecule has 2 aromatic rings. The third kappa shape index (κ3) is 7.47. The number of hydrogen-bond acceptors (Lipinski definition) is 10. The molecule has 39 heavy (non-hydrogen) atoms. The molecule has 0 bridgehead atoms. The van der Waals surface area contributed by atoms with Crippen LogP contribution in [0.1, 0.15) is 62.9 Å². The molecule has 1 saturated heterocycles. The maximum absolute atomic E-state index is 13.3. The fourth-order valence-corrected chi connectivity index (χ4v) is 6.11. The molecule has 2 aromatic carbocycles. The second kappa shape index (κ2) is 14.1. The molecule has 0 aliphatic carbocycles. The fourth-order valence-electron chi connectivity index (χ4n) is 4.54. The summed E-state index contributed by atoms with van der Waals surface area (Å²) < 4.78 is 61.3. The van der Waals surface area contributed by atoms with Gasteiger partial charge in [0.2, 0.25) is 5.75 Å². The molecule has 1 heterocycles. The summed E-state index contributed by atoms with van der Waals surface area (Å²) in [6, 6.07) is 6.99. The Morgan fingerprint density at radius 3 is 2.00 bits per heavy atom. The first kappa shape index (κ1) is 30.8. The predicted octanol–water partition coefficient (Wildman–Crippen LogP) is 4.01. The minimum Gasteiger partial charge on any atom is -0.493 e. The molecular weight excluding hydrogens is 528 g/mol. The largest absolute Gasteiger partial charge is 0.493 e. The van der Waals surface area contributed by atoms with E-state index in [2.05, 4.69) is 0 Å². The van der Waals surface area contributed by atoms with Crippen molar-refractivity contribution in [2.24, 2.45) is 0 Å². The molecule has 1 fully saturated rings. The van der Waals surface area contributed by atoms with E-state index in [9.17, 15) is 18.6 Å². The van der Waals surface area contributed by atoms with E-state index in [1.807, 2.05) is 19.1 Å². The molecular formula is C28H40O10S.